The molecule has 0 radical (unpaired) electrons. The van der Waals surface area contributed by atoms with Crippen LogP contribution in [0.2, 0.25) is 0 Å². The number of nitrogens with zero attached hydrogens (tertiary/aromatic N) is 2. The molecule has 0 aliphatic carbocycles. The van der Waals surface area contributed by atoms with E-state index in [0.717, 1.165) is 24.0 Å². The summed E-state index contributed by atoms with van der Waals surface area (Å²) in [6, 6.07) is 20.1. The normalized spacial score (nSPS) is 24.0. The molecule has 2 heterocycles. The van der Waals surface area contributed by atoms with Gasteiger partial charge in [-0.3, -0.25) is 4.79 Å². The molecule has 0 spiro atoms. The van der Waals surface area contributed by atoms with E-state index in [2.05, 4.69) is 12.1 Å². The number of carbonyl (C=O) groups excluding carboxylic acids is 2. The molecule has 2 aromatic rings. The van der Waals surface area contributed by atoms with Gasteiger partial charge in [0.15, 0.2) is 0 Å². The molecule has 30 heavy (non-hydrogen) atoms. The number of hydrogen-bond donors (Lipinski definition) is 0. The van der Waals surface area contributed by atoms with Crippen LogP contribution in [0.15, 0.2) is 60.7 Å². The zero-order valence-electron chi connectivity index (χ0n) is 18.0. The van der Waals surface area contributed by atoms with Crippen LogP contribution >= 0.6 is 0 Å². The predicted octanol–water partition coefficient (Wildman–Crippen LogP) is 4.79. The lowest BCUT2D eigenvalue weighted by molar-refractivity contribution is -0.162. The van der Waals surface area contributed by atoms with E-state index in [0.29, 0.717) is 13.1 Å². The Bertz CT molecular complexity index is 892. The van der Waals surface area contributed by atoms with Crippen molar-refractivity contribution in [1.29, 1.82) is 0 Å². The molecule has 0 saturated carbocycles. The smallest absolute Gasteiger partial charge is 0.410 e. The molecule has 158 valence electrons. The predicted molar refractivity (Wildman–Crippen MR) is 116 cm³/mol. The second-order valence-corrected chi connectivity index (χ2v) is 9.22. The minimum atomic E-state index is -0.550. The summed E-state index contributed by atoms with van der Waals surface area (Å²) in [5.74, 6) is -0.112. The van der Waals surface area contributed by atoms with Crippen LogP contribution in [0.1, 0.15) is 50.8 Å². The first-order valence-corrected chi connectivity index (χ1v) is 10.7. The summed E-state index contributed by atoms with van der Waals surface area (Å²) < 4.78 is 5.63. The Morgan fingerprint density at radius 3 is 2.30 bits per heavy atom. The van der Waals surface area contributed by atoms with Gasteiger partial charge in [-0.05, 0) is 44.7 Å². The van der Waals surface area contributed by atoms with Crippen LogP contribution in [-0.2, 0) is 16.1 Å². The number of benzene rings is 2. The third-order valence-corrected chi connectivity index (χ3v) is 5.92. The standard InChI is InChI=1S/C25H30N2O3/c1-25(2,3)30-24(29)26-16-10-15-20(26)21-22(19-13-8-5-9-14-19)27(23(21)28)17-18-11-6-4-7-12-18/h4-9,11-14,20-22H,10,15-17H2,1-3H3/t20-,21-,22-/m0/s1. The average molecular weight is 407 g/mol. The molecule has 4 rings (SSSR count). The van der Waals surface area contributed by atoms with E-state index in [-0.39, 0.29) is 30.0 Å². The maximum atomic E-state index is 13.3. The largest absolute Gasteiger partial charge is 0.444 e. The quantitative estimate of drug-likeness (QED) is 0.686. The van der Waals surface area contributed by atoms with Gasteiger partial charge in [-0.2, -0.15) is 0 Å². The zero-order valence-corrected chi connectivity index (χ0v) is 18.0. The summed E-state index contributed by atoms with van der Waals surface area (Å²) >= 11 is 0. The first-order valence-electron chi connectivity index (χ1n) is 10.7. The van der Waals surface area contributed by atoms with Crippen LogP contribution in [0.5, 0.6) is 0 Å². The number of hydrogen-bond acceptors (Lipinski definition) is 3. The lowest BCUT2D eigenvalue weighted by Gasteiger charge is -2.51. The van der Waals surface area contributed by atoms with Crippen molar-refractivity contribution in [1.82, 2.24) is 9.80 Å². The second kappa shape index (κ2) is 8.13. The molecule has 2 saturated heterocycles. The minimum Gasteiger partial charge on any atom is -0.444 e. The van der Waals surface area contributed by atoms with Gasteiger partial charge in [0, 0.05) is 19.1 Å². The number of amides is 2. The minimum absolute atomic E-state index is 0.0352. The Kier molecular flexibility index (Phi) is 5.54. The molecular weight excluding hydrogens is 376 g/mol. The summed E-state index contributed by atoms with van der Waals surface area (Å²) in [6.07, 6.45) is 1.41. The molecule has 2 fully saturated rings. The molecule has 0 aromatic heterocycles. The molecule has 2 aliphatic heterocycles. The van der Waals surface area contributed by atoms with Crippen LogP contribution in [-0.4, -0.2) is 40.0 Å². The Balaban J connectivity index is 1.60. The molecule has 2 aromatic carbocycles. The fourth-order valence-electron chi connectivity index (χ4n) is 4.66. The maximum Gasteiger partial charge on any atom is 0.410 e. The van der Waals surface area contributed by atoms with Crippen molar-refractivity contribution in [2.45, 2.75) is 57.8 Å². The van der Waals surface area contributed by atoms with E-state index in [4.69, 9.17) is 4.74 Å². The van der Waals surface area contributed by atoms with Crippen molar-refractivity contribution in [3.05, 3.63) is 71.8 Å². The third kappa shape index (κ3) is 4.07. The Morgan fingerprint density at radius 1 is 1.03 bits per heavy atom. The van der Waals surface area contributed by atoms with Gasteiger partial charge in [0.2, 0.25) is 5.91 Å². The average Bonchev–Trinajstić information content (AvgIpc) is 3.19. The van der Waals surface area contributed by atoms with Gasteiger partial charge in [-0.1, -0.05) is 60.7 Å². The molecule has 0 N–H and O–H groups in total. The van der Waals surface area contributed by atoms with Crippen LogP contribution in [0.3, 0.4) is 0 Å². The number of ether oxygens (including phenoxy) is 1. The van der Waals surface area contributed by atoms with Crippen LogP contribution in [0.4, 0.5) is 4.79 Å². The first kappa shape index (κ1) is 20.5. The number of β-lactam (4-membered cyclic amide) rings is 1. The van der Waals surface area contributed by atoms with Crippen LogP contribution < -0.4 is 0 Å². The Hall–Kier alpha value is -2.82. The fourth-order valence-corrected chi connectivity index (χ4v) is 4.66. The van der Waals surface area contributed by atoms with Crippen molar-refractivity contribution >= 4 is 12.0 Å². The molecule has 0 bridgehead atoms. The van der Waals surface area contributed by atoms with Crippen molar-refractivity contribution < 1.29 is 14.3 Å². The highest BCUT2D eigenvalue weighted by molar-refractivity contribution is 5.88. The number of likely N-dealkylation sites (tertiary alicyclic amines) is 2. The van der Waals surface area contributed by atoms with Gasteiger partial charge >= 0.3 is 6.09 Å². The van der Waals surface area contributed by atoms with Gasteiger partial charge in [-0.15, -0.1) is 0 Å². The van der Waals surface area contributed by atoms with Gasteiger partial charge in [-0.25, -0.2) is 4.79 Å². The summed E-state index contributed by atoms with van der Waals surface area (Å²) in [4.78, 5) is 29.9. The Labute approximate surface area is 178 Å². The Morgan fingerprint density at radius 2 is 1.67 bits per heavy atom. The van der Waals surface area contributed by atoms with Gasteiger partial charge in [0.1, 0.15) is 5.60 Å². The molecule has 2 amide bonds. The number of carbonyl (C=O) groups is 2. The van der Waals surface area contributed by atoms with Crippen LogP contribution in [0, 0.1) is 5.92 Å². The molecule has 5 nitrogen and oxygen atoms in total. The zero-order chi connectivity index (χ0) is 21.3. The van der Waals surface area contributed by atoms with Gasteiger partial charge < -0.3 is 14.5 Å². The van der Waals surface area contributed by atoms with Crippen molar-refractivity contribution in [2.24, 2.45) is 5.92 Å². The van der Waals surface area contributed by atoms with Crippen molar-refractivity contribution in [3.63, 3.8) is 0 Å². The molecular formula is C25H30N2O3. The summed E-state index contributed by atoms with van der Waals surface area (Å²) in [6.45, 7) is 6.84. The lowest BCUT2D eigenvalue weighted by atomic mass is 9.76. The summed E-state index contributed by atoms with van der Waals surface area (Å²) in [7, 11) is 0. The summed E-state index contributed by atoms with van der Waals surface area (Å²) in [5, 5.41) is 0. The number of rotatable bonds is 4. The SMILES string of the molecule is CC(C)(C)OC(=O)N1CCC[C@H]1[C@@H]1C(=O)N(Cc2ccccc2)[C@H]1c1ccccc1. The lowest BCUT2D eigenvalue weighted by Crippen LogP contribution is -2.61. The molecule has 0 unspecified atom stereocenters. The van der Waals surface area contributed by atoms with E-state index in [1.165, 1.54) is 0 Å². The molecule has 5 heteroatoms. The van der Waals surface area contributed by atoms with E-state index in [1.54, 1.807) is 4.90 Å². The highest BCUT2D eigenvalue weighted by Crippen LogP contribution is 2.46. The van der Waals surface area contributed by atoms with E-state index in [9.17, 15) is 9.59 Å². The van der Waals surface area contributed by atoms with Crippen molar-refractivity contribution in [3.8, 4) is 0 Å². The topological polar surface area (TPSA) is 49.9 Å². The first-order chi connectivity index (χ1) is 14.3. The maximum absolute atomic E-state index is 13.3. The third-order valence-electron chi connectivity index (χ3n) is 5.92. The highest BCUT2D eigenvalue weighted by atomic mass is 16.6. The van der Waals surface area contributed by atoms with Crippen LogP contribution in [0.25, 0.3) is 0 Å². The highest BCUT2D eigenvalue weighted by Gasteiger charge is 2.55. The van der Waals surface area contributed by atoms with E-state index in [1.807, 2.05) is 74.2 Å². The van der Waals surface area contributed by atoms with Gasteiger partial charge in [0.05, 0.1) is 12.0 Å². The molecule has 2 aliphatic rings. The fraction of sp³-hybridized carbons (Fsp3) is 0.440. The van der Waals surface area contributed by atoms with E-state index < -0.39 is 5.60 Å². The second-order valence-electron chi connectivity index (χ2n) is 9.22. The van der Waals surface area contributed by atoms with E-state index >= 15 is 0 Å². The monoisotopic (exact) mass is 406 g/mol. The molecule has 3 atom stereocenters. The summed E-state index contributed by atoms with van der Waals surface area (Å²) in [5.41, 5.74) is 1.68. The van der Waals surface area contributed by atoms with Gasteiger partial charge in [0.25, 0.3) is 0 Å². The van der Waals surface area contributed by atoms with Crippen molar-refractivity contribution in [2.75, 3.05) is 6.54 Å².